The van der Waals surface area contributed by atoms with Gasteiger partial charge in [0.2, 0.25) is 0 Å². The van der Waals surface area contributed by atoms with Gasteiger partial charge in [-0.25, -0.2) is 0 Å². The highest BCUT2D eigenvalue weighted by molar-refractivity contribution is 5.40. The fraction of sp³-hybridized carbons (Fsp3) is 0.480. The van der Waals surface area contributed by atoms with Gasteiger partial charge in [-0.05, 0) is 72.3 Å². The topological polar surface area (TPSA) is 53.2 Å². The average molecular weight is 376 g/mol. The van der Waals surface area contributed by atoms with Crippen molar-refractivity contribution >= 4 is 0 Å². The van der Waals surface area contributed by atoms with Crippen molar-refractivity contribution in [1.29, 1.82) is 5.26 Å². The van der Waals surface area contributed by atoms with E-state index in [2.05, 4.69) is 31.2 Å². The van der Waals surface area contributed by atoms with Gasteiger partial charge in [-0.1, -0.05) is 43.3 Å². The maximum Gasteiger partial charge on any atom is 0.119 e. The fourth-order valence-corrected chi connectivity index (χ4v) is 5.87. The van der Waals surface area contributed by atoms with Gasteiger partial charge in [-0.3, -0.25) is 0 Å². The molecule has 0 radical (unpaired) electrons. The number of aryl methyl sites for hydroxylation is 1. The Morgan fingerprint density at radius 3 is 2.71 bits per heavy atom. The Bertz CT molecular complexity index is 872. The van der Waals surface area contributed by atoms with E-state index in [1.54, 1.807) is 7.11 Å². The van der Waals surface area contributed by atoms with Crippen molar-refractivity contribution < 1.29 is 9.84 Å². The maximum absolute atomic E-state index is 11.3. The number of aliphatic hydroxyl groups excluding tert-OH is 1. The number of ether oxygens (including phenoxy) is 1. The zero-order chi connectivity index (χ0) is 19.7. The molecule has 1 N–H and O–H groups in total. The lowest BCUT2D eigenvalue weighted by molar-refractivity contribution is -0.0690. The molecule has 2 aromatic carbocycles. The summed E-state index contributed by atoms with van der Waals surface area (Å²) in [5, 5.41) is 20.9. The predicted octanol–water partition coefficient (Wildman–Crippen LogP) is 5.40. The quantitative estimate of drug-likeness (QED) is 0.778. The molecule has 2 aromatic rings. The van der Waals surface area contributed by atoms with Crippen molar-refractivity contribution in [3.8, 4) is 11.8 Å². The van der Waals surface area contributed by atoms with E-state index in [9.17, 15) is 10.4 Å². The standard InChI is InChI=1S/C25H29NO2/c1-25(24(27)17-6-4-3-5-7-17)14-12-21-20-11-9-19(28-2)16-18(20)8-10-22(21)23(25)13-15-26/h3-7,9,11,16,21-24,27H,8,10,12-14H2,1-2H3/t21-,22-,23+,24+,25+/m1/s1. The van der Waals surface area contributed by atoms with Crippen LogP contribution in [0.1, 0.15) is 61.3 Å². The Morgan fingerprint density at radius 2 is 2.00 bits per heavy atom. The van der Waals surface area contributed by atoms with Crippen LogP contribution in [0.25, 0.3) is 0 Å². The zero-order valence-electron chi connectivity index (χ0n) is 16.8. The van der Waals surface area contributed by atoms with Gasteiger partial charge in [0.05, 0.1) is 19.3 Å². The van der Waals surface area contributed by atoms with Gasteiger partial charge in [0.25, 0.3) is 0 Å². The molecule has 0 amide bonds. The first-order chi connectivity index (χ1) is 13.6. The number of nitrogens with zero attached hydrogens (tertiary/aromatic N) is 1. The van der Waals surface area contributed by atoms with Crippen LogP contribution in [0.5, 0.6) is 5.75 Å². The summed E-state index contributed by atoms with van der Waals surface area (Å²) in [4.78, 5) is 0. The van der Waals surface area contributed by atoms with E-state index in [1.807, 2.05) is 30.3 Å². The summed E-state index contributed by atoms with van der Waals surface area (Å²) in [5.74, 6) is 2.04. The summed E-state index contributed by atoms with van der Waals surface area (Å²) in [7, 11) is 1.72. The molecule has 1 fully saturated rings. The summed E-state index contributed by atoms with van der Waals surface area (Å²) < 4.78 is 5.41. The molecule has 0 aromatic heterocycles. The third-order valence-corrected chi connectivity index (χ3v) is 7.42. The number of fused-ring (bicyclic) bond motifs is 3. The Hall–Kier alpha value is -2.31. The molecular formula is C25H29NO2. The normalized spacial score (nSPS) is 29.9. The van der Waals surface area contributed by atoms with Crippen LogP contribution in [0, 0.1) is 28.6 Å². The van der Waals surface area contributed by atoms with Crippen LogP contribution in [0.2, 0.25) is 0 Å². The molecule has 4 rings (SSSR count). The molecular weight excluding hydrogens is 346 g/mol. The molecule has 28 heavy (non-hydrogen) atoms. The van der Waals surface area contributed by atoms with E-state index < -0.39 is 6.10 Å². The Morgan fingerprint density at radius 1 is 1.21 bits per heavy atom. The van der Waals surface area contributed by atoms with E-state index in [4.69, 9.17) is 4.74 Å². The number of hydrogen-bond acceptors (Lipinski definition) is 3. The van der Waals surface area contributed by atoms with Crippen LogP contribution >= 0.6 is 0 Å². The second-order valence-electron chi connectivity index (χ2n) is 8.70. The Balaban J connectivity index is 1.68. The maximum atomic E-state index is 11.3. The highest BCUT2D eigenvalue weighted by Gasteiger charge is 2.51. The molecule has 1 saturated carbocycles. The van der Waals surface area contributed by atoms with Gasteiger partial charge in [0, 0.05) is 11.8 Å². The summed E-state index contributed by atoms with van der Waals surface area (Å²) in [6.45, 7) is 2.20. The molecule has 0 saturated heterocycles. The van der Waals surface area contributed by atoms with E-state index >= 15 is 0 Å². The minimum Gasteiger partial charge on any atom is -0.497 e. The van der Waals surface area contributed by atoms with Crippen molar-refractivity contribution in [1.82, 2.24) is 0 Å². The van der Waals surface area contributed by atoms with Crippen molar-refractivity contribution in [2.24, 2.45) is 17.3 Å². The molecule has 2 aliphatic carbocycles. The van der Waals surface area contributed by atoms with Gasteiger partial charge in [0.1, 0.15) is 5.75 Å². The second kappa shape index (κ2) is 7.60. The van der Waals surface area contributed by atoms with Crippen molar-refractivity contribution in [3.63, 3.8) is 0 Å². The molecule has 3 nitrogen and oxygen atoms in total. The minimum atomic E-state index is -0.537. The molecule has 5 atom stereocenters. The lowest BCUT2D eigenvalue weighted by Gasteiger charge is -2.53. The summed E-state index contributed by atoms with van der Waals surface area (Å²) in [6, 6.07) is 18.9. The van der Waals surface area contributed by atoms with Crippen LogP contribution in [0.3, 0.4) is 0 Å². The van der Waals surface area contributed by atoms with Crippen LogP contribution in [0.15, 0.2) is 48.5 Å². The number of benzene rings is 2. The van der Waals surface area contributed by atoms with Gasteiger partial charge < -0.3 is 9.84 Å². The van der Waals surface area contributed by atoms with E-state index in [0.717, 1.165) is 37.0 Å². The lowest BCUT2D eigenvalue weighted by Crippen LogP contribution is -2.45. The third-order valence-electron chi connectivity index (χ3n) is 7.42. The predicted molar refractivity (Wildman–Crippen MR) is 110 cm³/mol. The number of aliphatic hydroxyl groups is 1. The number of nitriles is 1. The number of hydrogen-bond donors (Lipinski definition) is 1. The smallest absolute Gasteiger partial charge is 0.119 e. The third kappa shape index (κ3) is 3.10. The SMILES string of the molecule is COc1ccc2c(c1)CC[C@@H]1[C@@H]2CC[C@](C)([C@@H](O)c2ccccc2)[C@H]1CC#N. The minimum absolute atomic E-state index is 0.196. The molecule has 146 valence electrons. The monoisotopic (exact) mass is 375 g/mol. The van der Waals surface area contributed by atoms with E-state index in [-0.39, 0.29) is 11.3 Å². The Kier molecular flexibility index (Phi) is 5.17. The average Bonchev–Trinajstić information content (AvgIpc) is 2.75. The largest absolute Gasteiger partial charge is 0.497 e. The van der Waals surface area contributed by atoms with E-state index in [1.165, 1.54) is 11.1 Å². The van der Waals surface area contributed by atoms with Gasteiger partial charge in [-0.2, -0.15) is 5.26 Å². The first kappa shape index (κ1) is 19.0. The molecule has 0 unspecified atom stereocenters. The van der Waals surface area contributed by atoms with Crippen LogP contribution in [0.4, 0.5) is 0 Å². The van der Waals surface area contributed by atoms with Crippen molar-refractivity contribution in [3.05, 3.63) is 65.2 Å². The van der Waals surface area contributed by atoms with Crippen LogP contribution in [-0.2, 0) is 6.42 Å². The fourth-order valence-electron chi connectivity index (χ4n) is 5.87. The lowest BCUT2D eigenvalue weighted by atomic mass is 9.52. The van der Waals surface area contributed by atoms with Gasteiger partial charge >= 0.3 is 0 Å². The van der Waals surface area contributed by atoms with Crippen molar-refractivity contribution in [2.75, 3.05) is 7.11 Å². The van der Waals surface area contributed by atoms with Gasteiger partial charge in [-0.15, -0.1) is 0 Å². The summed E-state index contributed by atoms with van der Waals surface area (Å²) in [5.41, 5.74) is 3.51. The number of methoxy groups -OCH3 is 1. The molecule has 0 spiro atoms. The Labute approximate surface area is 168 Å². The summed E-state index contributed by atoms with van der Waals surface area (Å²) >= 11 is 0. The molecule has 2 aliphatic rings. The molecule has 0 bridgehead atoms. The number of rotatable bonds is 4. The van der Waals surface area contributed by atoms with Crippen LogP contribution < -0.4 is 4.74 Å². The first-order valence-electron chi connectivity index (χ1n) is 10.3. The van der Waals surface area contributed by atoms with Gasteiger partial charge in [0.15, 0.2) is 0 Å². The summed E-state index contributed by atoms with van der Waals surface area (Å²) in [6.07, 6.45) is 4.06. The second-order valence-corrected chi connectivity index (χ2v) is 8.70. The van der Waals surface area contributed by atoms with Crippen molar-refractivity contribution in [2.45, 2.75) is 51.0 Å². The highest BCUT2D eigenvalue weighted by Crippen LogP contribution is 2.59. The molecule has 3 heteroatoms. The van der Waals surface area contributed by atoms with Crippen LogP contribution in [-0.4, -0.2) is 12.2 Å². The highest BCUT2D eigenvalue weighted by atomic mass is 16.5. The zero-order valence-corrected chi connectivity index (χ0v) is 16.8. The molecule has 0 aliphatic heterocycles. The molecule has 0 heterocycles. The first-order valence-corrected chi connectivity index (χ1v) is 10.3. The van der Waals surface area contributed by atoms with E-state index in [0.29, 0.717) is 18.3 Å².